The predicted octanol–water partition coefficient (Wildman–Crippen LogP) is 2.11. The third kappa shape index (κ3) is 4.20. The quantitative estimate of drug-likeness (QED) is 0.687. The van der Waals surface area contributed by atoms with Gasteiger partial charge >= 0.3 is 5.97 Å². The molecule has 0 aliphatic heterocycles. The molecule has 1 fully saturated rings. The summed E-state index contributed by atoms with van der Waals surface area (Å²) in [5.41, 5.74) is 0. The number of ether oxygens (including phenoxy) is 1. The minimum Gasteiger partial charge on any atom is -0.469 e. The number of carbonyl (C=O) groups is 1. The third-order valence-electron chi connectivity index (χ3n) is 3.24. The molecule has 0 aromatic heterocycles. The van der Waals surface area contributed by atoms with Gasteiger partial charge in [0.1, 0.15) is 0 Å². The van der Waals surface area contributed by atoms with Gasteiger partial charge in [0.25, 0.3) is 0 Å². The fraction of sp³-hybridized carbons (Fsp3) is 0.917. The van der Waals surface area contributed by atoms with E-state index in [1.54, 1.807) is 0 Å². The Kier molecular flexibility index (Phi) is 5.69. The second kappa shape index (κ2) is 6.83. The average molecular weight is 213 g/mol. The maximum atomic E-state index is 11.3. The number of esters is 1. The van der Waals surface area contributed by atoms with Gasteiger partial charge in [0.2, 0.25) is 0 Å². The van der Waals surface area contributed by atoms with Crippen molar-refractivity contribution < 1.29 is 9.53 Å². The van der Waals surface area contributed by atoms with E-state index in [9.17, 15) is 4.79 Å². The number of rotatable bonds is 6. The molecule has 0 heterocycles. The van der Waals surface area contributed by atoms with E-state index in [2.05, 4.69) is 12.2 Å². The summed E-state index contributed by atoms with van der Waals surface area (Å²) < 4.78 is 4.74. The number of hydrogen-bond acceptors (Lipinski definition) is 3. The van der Waals surface area contributed by atoms with Gasteiger partial charge in [-0.15, -0.1) is 0 Å². The lowest BCUT2D eigenvalue weighted by molar-refractivity contribution is -0.141. The Morgan fingerprint density at radius 1 is 1.47 bits per heavy atom. The van der Waals surface area contributed by atoms with Crippen LogP contribution in [0.4, 0.5) is 0 Å². The van der Waals surface area contributed by atoms with Gasteiger partial charge in [-0.05, 0) is 31.7 Å². The summed E-state index contributed by atoms with van der Waals surface area (Å²) in [5, 5.41) is 3.48. The Morgan fingerprint density at radius 2 is 2.13 bits per heavy atom. The fourth-order valence-corrected chi connectivity index (χ4v) is 2.36. The molecule has 1 aliphatic carbocycles. The monoisotopic (exact) mass is 213 g/mol. The van der Waals surface area contributed by atoms with E-state index >= 15 is 0 Å². The predicted molar refractivity (Wildman–Crippen MR) is 60.7 cm³/mol. The minimum absolute atomic E-state index is 0.0875. The van der Waals surface area contributed by atoms with Crippen molar-refractivity contribution in [2.45, 2.75) is 51.5 Å². The molecule has 0 aromatic carbocycles. The highest BCUT2D eigenvalue weighted by Crippen LogP contribution is 2.29. The van der Waals surface area contributed by atoms with Crippen LogP contribution in [0.5, 0.6) is 0 Å². The summed E-state index contributed by atoms with van der Waals surface area (Å²) in [4.78, 5) is 11.3. The molecular formula is C12H23NO2. The SMILES string of the molecule is CCCNC(CC(=O)OC)C1CCCC1. The van der Waals surface area contributed by atoms with Crippen LogP contribution in [0.1, 0.15) is 45.4 Å². The van der Waals surface area contributed by atoms with Crippen molar-refractivity contribution in [3.63, 3.8) is 0 Å². The Balaban J connectivity index is 2.40. The van der Waals surface area contributed by atoms with Crippen LogP contribution < -0.4 is 5.32 Å². The molecule has 88 valence electrons. The van der Waals surface area contributed by atoms with Crippen LogP contribution in [0.15, 0.2) is 0 Å². The van der Waals surface area contributed by atoms with Crippen LogP contribution >= 0.6 is 0 Å². The van der Waals surface area contributed by atoms with E-state index in [4.69, 9.17) is 4.74 Å². The summed E-state index contributed by atoms with van der Waals surface area (Å²) >= 11 is 0. The number of nitrogens with one attached hydrogen (secondary N) is 1. The second-order valence-electron chi connectivity index (χ2n) is 4.39. The van der Waals surface area contributed by atoms with Crippen LogP contribution in [-0.2, 0) is 9.53 Å². The van der Waals surface area contributed by atoms with Crippen LogP contribution in [0.25, 0.3) is 0 Å². The Morgan fingerprint density at radius 3 is 2.67 bits per heavy atom. The lowest BCUT2D eigenvalue weighted by Crippen LogP contribution is -2.37. The van der Waals surface area contributed by atoms with Crippen LogP contribution in [0, 0.1) is 5.92 Å². The van der Waals surface area contributed by atoms with E-state index in [1.165, 1.54) is 32.8 Å². The maximum absolute atomic E-state index is 11.3. The van der Waals surface area contributed by atoms with Crippen LogP contribution in [0.3, 0.4) is 0 Å². The Hall–Kier alpha value is -0.570. The van der Waals surface area contributed by atoms with Crippen molar-refractivity contribution in [2.75, 3.05) is 13.7 Å². The Bertz CT molecular complexity index is 188. The van der Waals surface area contributed by atoms with Crippen LogP contribution in [-0.4, -0.2) is 25.7 Å². The van der Waals surface area contributed by atoms with E-state index in [0.29, 0.717) is 18.4 Å². The van der Waals surface area contributed by atoms with Crippen molar-refractivity contribution in [3.8, 4) is 0 Å². The minimum atomic E-state index is -0.0875. The first-order valence-electron chi connectivity index (χ1n) is 6.08. The summed E-state index contributed by atoms with van der Waals surface area (Å²) in [6.07, 6.45) is 6.80. The second-order valence-corrected chi connectivity index (χ2v) is 4.39. The normalized spacial score (nSPS) is 19.1. The van der Waals surface area contributed by atoms with Gasteiger partial charge in [0.15, 0.2) is 0 Å². The Labute approximate surface area is 92.6 Å². The van der Waals surface area contributed by atoms with Gasteiger partial charge < -0.3 is 10.1 Å². The highest BCUT2D eigenvalue weighted by Gasteiger charge is 2.26. The topological polar surface area (TPSA) is 38.3 Å². The van der Waals surface area contributed by atoms with Crippen molar-refractivity contribution in [1.29, 1.82) is 0 Å². The molecule has 0 aromatic rings. The molecule has 1 saturated carbocycles. The molecule has 1 aliphatic rings. The van der Waals surface area contributed by atoms with Crippen molar-refractivity contribution in [3.05, 3.63) is 0 Å². The molecule has 0 radical (unpaired) electrons. The zero-order valence-electron chi connectivity index (χ0n) is 9.92. The molecule has 0 spiro atoms. The number of hydrogen-bond donors (Lipinski definition) is 1. The van der Waals surface area contributed by atoms with Gasteiger partial charge in [-0.3, -0.25) is 4.79 Å². The number of methoxy groups -OCH3 is 1. The first-order valence-corrected chi connectivity index (χ1v) is 6.08. The average Bonchev–Trinajstić information content (AvgIpc) is 2.77. The highest BCUT2D eigenvalue weighted by molar-refractivity contribution is 5.69. The van der Waals surface area contributed by atoms with Gasteiger partial charge in [-0.25, -0.2) is 0 Å². The highest BCUT2D eigenvalue weighted by atomic mass is 16.5. The molecule has 3 heteroatoms. The zero-order valence-corrected chi connectivity index (χ0v) is 9.92. The fourth-order valence-electron chi connectivity index (χ4n) is 2.36. The lowest BCUT2D eigenvalue weighted by Gasteiger charge is -2.23. The largest absolute Gasteiger partial charge is 0.469 e. The zero-order chi connectivity index (χ0) is 11.1. The molecule has 3 nitrogen and oxygen atoms in total. The molecular weight excluding hydrogens is 190 g/mol. The maximum Gasteiger partial charge on any atom is 0.307 e. The first kappa shape index (κ1) is 12.5. The molecule has 0 bridgehead atoms. The van der Waals surface area contributed by atoms with Crippen molar-refractivity contribution >= 4 is 5.97 Å². The summed E-state index contributed by atoms with van der Waals surface area (Å²) in [5.74, 6) is 0.589. The van der Waals surface area contributed by atoms with E-state index in [1.807, 2.05) is 0 Å². The van der Waals surface area contributed by atoms with Crippen molar-refractivity contribution in [1.82, 2.24) is 5.32 Å². The van der Waals surface area contributed by atoms with E-state index in [-0.39, 0.29) is 5.97 Å². The van der Waals surface area contributed by atoms with Gasteiger partial charge in [0.05, 0.1) is 13.5 Å². The van der Waals surface area contributed by atoms with E-state index in [0.717, 1.165) is 13.0 Å². The van der Waals surface area contributed by atoms with Gasteiger partial charge in [-0.2, -0.15) is 0 Å². The van der Waals surface area contributed by atoms with Gasteiger partial charge in [0, 0.05) is 6.04 Å². The molecule has 1 rings (SSSR count). The number of carbonyl (C=O) groups excluding carboxylic acids is 1. The molecule has 1 atom stereocenters. The third-order valence-corrected chi connectivity index (χ3v) is 3.24. The molecule has 1 N–H and O–H groups in total. The molecule has 15 heavy (non-hydrogen) atoms. The molecule has 0 saturated heterocycles. The molecule has 0 amide bonds. The summed E-state index contributed by atoms with van der Waals surface area (Å²) in [6, 6.07) is 0.333. The smallest absolute Gasteiger partial charge is 0.307 e. The standard InChI is InChI=1S/C12H23NO2/c1-3-8-13-11(9-12(14)15-2)10-6-4-5-7-10/h10-11,13H,3-9H2,1-2H3. The molecule has 1 unspecified atom stereocenters. The van der Waals surface area contributed by atoms with E-state index < -0.39 is 0 Å². The van der Waals surface area contributed by atoms with Crippen molar-refractivity contribution in [2.24, 2.45) is 5.92 Å². The summed E-state index contributed by atoms with van der Waals surface area (Å²) in [6.45, 7) is 3.15. The van der Waals surface area contributed by atoms with Crippen LogP contribution in [0.2, 0.25) is 0 Å². The lowest BCUT2D eigenvalue weighted by atomic mass is 9.95. The first-order chi connectivity index (χ1) is 7.27. The van der Waals surface area contributed by atoms with Gasteiger partial charge in [-0.1, -0.05) is 19.8 Å². The summed E-state index contributed by atoms with van der Waals surface area (Å²) in [7, 11) is 1.47.